The molecule has 49 nitrogen and oxygen atoms in total. The highest BCUT2D eigenvalue weighted by Crippen LogP contribution is 2.24. The number of aromatic nitrogens is 3. The third-order valence-corrected chi connectivity index (χ3v) is 23.2. The number of nitrogens with two attached hydrogens (primary N) is 3. The van der Waals surface area contributed by atoms with Gasteiger partial charge in [0.05, 0.1) is 37.7 Å². The number of hydrogen-bond donors (Lipinski definition) is 28. The molecule has 15 amide bonds. The summed E-state index contributed by atoms with van der Waals surface area (Å²) in [5.41, 5.74) is 19.0. The number of likely N-dealkylation sites (tertiary alicyclic amines) is 1. The molecule has 1 aliphatic heterocycles. The van der Waals surface area contributed by atoms with Crippen LogP contribution in [0.3, 0.4) is 0 Å². The Hall–Kier alpha value is -14.8. The molecular formula is C92H133N23O26. The van der Waals surface area contributed by atoms with Gasteiger partial charge >= 0.3 is 23.9 Å². The molecule has 5 aromatic rings. The van der Waals surface area contributed by atoms with Crippen LogP contribution in [0.4, 0.5) is 0 Å². The number of rotatable bonds is 61. The Kier molecular flexibility index (Phi) is 47.0. The first-order valence-electron chi connectivity index (χ1n) is 46.4. The highest BCUT2D eigenvalue weighted by Gasteiger charge is 2.43. The van der Waals surface area contributed by atoms with Crippen LogP contribution in [-0.4, -0.2) is 304 Å². The number of nitrogens with zero attached hydrogens (tertiary/aromatic N) is 2. The molecular weight excluding hydrogens is 1840 g/mol. The van der Waals surface area contributed by atoms with Crippen LogP contribution >= 0.6 is 0 Å². The van der Waals surface area contributed by atoms with Crippen LogP contribution in [0.15, 0.2) is 97.6 Å². The largest absolute Gasteiger partial charge is 0.508 e. The van der Waals surface area contributed by atoms with E-state index in [0.717, 1.165) is 11.8 Å². The number of hydrogen-bond acceptors (Lipinski definition) is 26. The number of aliphatic carboxylic acids is 4. The highest BCUT2D eigenvalue weighted by molar-refractivity contribution is 6.02. The average Bonchev–Trinajstić information content (AvgIpc) is 1.69. The van der Waals surface area contributed by atoms with Crippen LogP contribution in [0, 0.1) is 23.2 Å². The summed E-state index contributed by atoms with van der Waals surface area (Å²) in [6, 6.07) is -3.27. The Morgan fingerprint density at radius 3 is 1.55 bits per heavy atom. The van der Waals surface area contributed by atoms with E-state index in [-0.39, 0.29) is 114 Å². The van der Waals surface area contributed by atoms with Crippen molar-refractivity contribution in [1.29, 1.82) is 5.41 Å². The summed E-state index contributed by atoms with van der Waals surface area (Å²) < 4.78 is 0. The molecule has 0 spiro atoms. The summed E-state index contributed by atoms with van der Waals surface area (Å²) in [5, 5.41) is 115. The number of phenols is 1. The molecule has 49 heteroatoms. The lowest BCUT2D eigenvalue weighted by molar-refractivity contribution is -0.144. The Bertz CT molecular complexity index is 5120. The highest BCUT2D eigenvalue weighted by atomic mass is 16.4. The fourth-order valence-corrected chi connectivity index (χ4v) is 15.3. The average molecular weight is 1980 g/mol. The van der Waals surface area contributed by atoms with Gasteiger partial charge in [-0.15, -0.1) is 0 Å². The standard InChI is InChI=1S/C92H133N23O26/c1-8-49(6)75(113-85(134)68(41-73(124)125)102-70(119)44-100-86(135)69-24-17-35-115(69)90(139)61(23-16-34-98-92(95)96)105-78(127)59(22-14-15-33-93)103-79(128)60(29-31-71(120)121)104-89(138)76(50(7)117)114-77(126)57(94)45-116)88(137)112-74(48(4)5)87(136)111-63(36-47(2)3)80(129)107-64(37-51-18-10-9-11-19-51)81(130)108-65(38-52-25-27-55(118)28-26-52)82(131)109-66(39-53-42-99-58-21-13-12-20-56(53)58)83(132)110-67(40-54-43-97-46-101-54)84(133)106-62(91(140)141)30-32-72(122)123/h9-13,18-21,25-28,42-43,46-50,57,59-69,74-76,99,116-118H,8,14-17,22-24,29-41,44-45,93-94H2,1-7H3,(H,97,101)(H,100,135)(H,102,119)(H,103,128)(H,104,138)(H,105,127)(H,106,133)(H,107,129)(H,108,130)(H,109,131)(H,110,132)(H,111,136)(H,112,137)(H,113,134)(H,114,126)(H,120,121)(H,122,123)(H,124,125)(H,140,141)(H4,95,96,98)/t49-,50+,57-,59-,60-,61-,62-,63-,64-,65-,66-,67-,68-,69-,74-,75-,76-/m0/s1. The molecule has 0 aliphatic carbocycles. The number of para-hydroxylation sites is 1. The van der Waals surface area contributed by atoms with Gasteiger partial charge < -0.3 is 148 Å². The Morgan fingerprint density at radius 1 is 0.511 bits per heavy atom. The maximum atomic E-state index is 15.3. The van der Waals surface area contributed by atoms with Gasteiger partial charge in [0.2, 0.25) is 88.6 Å². The van der Waals surface area contributed by atoms with E-state index >= 15 is 19.2 Å². The minimum atomic E-state index is -1.96. The zero-order chi connectivity index (χ0) is 104. The quantitative estimate of drug-likeness (QED) is 0.00989. The summed E-state index contributed by atoms with van der Waals surface area (Å²) in [6.45, 7) is 9.10. The number of aromatic amines is 2. The van der Waals surface area contributed by atoms with Gasteiger partial charge in [0.15, 0.2) is 5.96 Å². The number of aliphatic hydroxyl groups is 2. The number of fused-ring (bicyclic) bond motifs is 1. The molecule has 1 saturated heterocycles. The van der Waals surface area contributed by atoms with Crippen molar-refractivity contribution in [2.24, 2.45) is 35.0 Å². The van der Waals surface area contributed by atoms with E-state index in [0.29, 0.717) is 34.0 Å². The van der Waals surface area contributed by atoms with Crippen molar-refractivity contribution < 1.29 is 127 Å². The number of aromatic hydroxyl groups is 1. The second-order valence-electron chi connectivity index (χ2n) is 35.3. The van der Waals surface area contributed by atoms with E-state index in [2.05, 4.69) is 94.7 Å². The Balaban J connectivity index is 1.20. The van der Waals surface area contributed by atoms with Crippen molar-refractivity contribution in [3.63, 3.8) is 0 Å². The van der Waals surface area contributed by atoms with E-state index in [1.807, 2.05) is 0 Å². The Morgan fingerprint density at radius 2 is 1.00 bits per heavy atom. The third-order valence-electron chi connectivity index (χ3n) is 23.2. The van der Waals surface area contributed by atoms with Gasteiger partial charge in [-0.3, -0.25) is 91.7 Å². The van der Waals surface area contributed by atoms with Crippen LogP contribution in [-0.2, 0) is 117 Å². The normalized spacial score (nSPS) is 15.7. The molecule has 0 radical (unpaired) electrons. The number of unbranched alkanes of at least 4 members (excludes halogenated alkanes) is 1. The molecule has 0 bridgehead atoms. The number of H-pyrrole nitrogens is 2. The number of carbonyl (C=O) groups excluding carboxylic acids is 15. The van der Waals surface area contributed by atoms with Gasteiger partial charge in [0.1, 0.15) is 96.4 Å². The molecule has 2 aromatic heterocycles. The zero-order valence-corrected chi connectivity index (χ0v) is 79.5. The minimum Gasteiger partial charge on any atom is -0.508 e. The fourth-order valence-electron chi connectivity index (χ4n) is 15.3. The van der Waals surface area contributed by atoms with Crippen LogP contribution in [0.1, 0.15) is 161 Å². The molecule has 141 heavy (non-hydrogen) atoms. The van der Waals surface area contributed by atoms with Crippen LogP contribution < -0.4 is 97.0 Å². The van der Waals surface area contributed by atoms with Crippen molar-refractivity contribution in [2.75, 3.05) is 32.8 Å². The van der Waals surface area contributed by atoms with Crippen molar-refractivity contribution in [3.8, 4) is 5.75 Å². The topological polar surface area (TPSA) is 796 Å². The van der Waals surface area contributed by atoms with Gasteiger partial charge in [0.25, 0.3) is 0 Å². The smallest absolute Gasteiger partial charge is 0.326 e. The summed E-state index contributed by atoms with van der Waals surface area (Å²) in [4.78, 5) is 276. The molecule has 3 heterocycles. The number of nitrogens with one attached hydrogen (secondary N) is 18. The first kappa shape index (κ1) is 115. The minimum absolute atomic E-state index is 0.0101. The second kappa shape index (κ2) is 57.6. The first-order chi connectivity index (χ1) is 66.8. The van der Waals surface area contributed by atoms with E-state index < -0.39 is 272 Å². The van der Waals surface area contributed by atoms with Crippen LogP contribution in [0.25, 0.3) is 10.9 Å². The predicted molar refractivity (Wildman–Crippen MR) is 505 cm³/mol. The van der Waals surface area contributed by atoms with Gasteiger partial charge in [-0.1, -0.05) is 109 Å². The number of phenolic OH excluding ortho intramolecular Hbond substituents is 1. The summed E-state index contributed by atoms with van der Waals surface area (Å²) >= 11 is 0. The summed E-state index contributed by atoms with van der Waals surface area (Å²) in [7, 11) is 0. The summed E-state index contributed by atoms with van der Waals surface area (Å²) in [5.74, 6) is -23.9. The first-order valence-corrected chi connectivity index (χ1v) is 46.4. The molecule has 772 valence electrons. The number of carboxylic acid groups (broad SMARTS) is 4. The van der Waals surface area contributed by atoms with Crippen molar-refractivity contribution >= 4 is 129 Å². The zero-order valence-electron chi connectivity index (χ0n) is 79.5. The summed E-state index contributed by atoms with van der Waals surface area (Å²) in [6.07, 6.45) is -1.74. The SMILES string of the molecule is CC[C@H](C)[C@H](NC(=O)[C@H](CC(=O)O)NC(=O)CNC(=O)[C@@H]1CCCN1C(=O)[C@H](CCCNC(=N)N)NC(=O)[C@H](CCCCN)NC(=O)[C@H](CCC(=O)O)NC(=O)[C@@H](NC(=O)[C@@H](N)CO)[C@@H](C)O)C(=O)N[C@H](C(=O)N[C@@H](CC(C)C)C(=O)N[C@@H](Cc1ccccc1)C(=O)N[C@@H](Cc1ccc(O)cc1)C(=O)N[C@@H](Cc1c[nH]c2ccccc12)C(=O)N[C@@H](Cc1c[nH]cn1)C(=O)N[C@@H](CCC(=O)O)C(=O)O)C(C)C. The number of amides is 15. The van der Waals surface area contributed by atoms with E-state index in [4.69, 9.17) is 22.6 Å². The maximum Gasteiger partial charge on any atom is 0.326 e. The van der Waals surface area contributed by atoms with Crippen LogP contribution in [0.2, 0.25) is 0 Å². The number of guanidine groups is 1. The maximum absolute atomic E-state index is 15.3. The number of carboxylic acids is 4. The van der Waals surface area contributed by atoms with Crippen molar-refractivity contribution in [2.45, 2.75) is 261 Å². The molecule has 0 unspecified atom stereocenters. The lowest BCUT2D eigenvalue weighted by Gasteiger charge is -2.31. The second-order valence-corrected chi connectivity index (χ2v) is 35.3. The monoisotopic (exact) mass is 1980 g/mol. The fraction of sp³-hybridized carbons (Fsp3) is 0.533. The number of benzene rings is 3. The van der Waals surface area contributed by atoms with Crippen LogP contribution in [0.5, 0.6) is 5.75 Å². The van der Waals surface area contributed by atoms with Gasteiger partial charge in [-0.2, -0.15) is 0 Å². The molecule has 6 rings (SSSR count). The molecule has 0 saturated carbocycles. The lowest BCUT2D eigenvalue weighted by Crippen LogP contribution is -2.62. The van der Waals surface area contributed by atoms with E-state index in [9.17, 15) is 108 Å². The number of imidazole rings is 1. The van der Waals surface area contributed by atoms with E-state index in [1.54, 1.807) is 102 Å². The number of aliphatic hydroxyl groups excluding tert-OH is 2. The molecule has 1 aliphatic rings. The van der Waals surface area contributed by atoms with Crippen molar-refractivity contribution in [3.05, 3.63) is 120 Å². The molecule has 17 atom stereocenters. The van der Waals surface area contributed by atoms with E-state index in [1.165, 1.54) is 36.8 Å². The van der Waals surface area contributed by atoms with Gasteiger partial charge in [-0.05, 0) is 130 Å². The molecule has 3 aromatic carbocycles. The van der Waals surface area contributed by atoms with Gasteiger partial charge in [-0.25, -0.2) is 9.78 Å². The molecule has 1 fully saturated rings. The predicted octanol–water partition coefficient (Wildman–Crippen LogP) is -4.59. The van der Waals surface area contributed by atoms with Gasteiger partial charge in [0, 0.05) is 74.9 Å². The lowest BCUT2D eigenvalue weighted by atomic mass is 9.95. The molecule has 31 N–H and O–H groups in total. The third kappa shape index (κ3) is 38.2. The Labute approximate surface area is 811 Å². The van der Waals surface area contributed by atoms with Crippen molar-refractivity contribution in [1.82, 2.24) is 99.6 Å². The number of carbonyl (C=O) groups is 19.